The fourth-order valence-electron chi connectivity index (χ4n) is 5.00. The van der Waals surface area contributed by atoms with Gasteiger partial charge in [-0.3, -0.25) is 4.98 Å². The molecule has 1 aliphatic heterocycles. The van der Waals surface area contributed by atoms with Crippen molar-refractivity contribution in [3.63, 3.8) is 0 Å². The zero-order valence-electron chi connectivity index (χ0n) is 20.5. The van der Waals surface area contributed by atoms with E-state index in [1.807, 2.05) is 23.1 Å². The number of rotatable bonds is 7. The fraction of sp³-hybridized carbons (Fsp3) is 0.462. The van der Waals surface area contributed by atoms with Crippen LogP contribution >= 0.6 is 0 Å². The molecule has 4 heterocycles. The molecular formula is C26H30FN7O2. The van der Waals surface area contributed by atoms with E-state index >= 15 is 0 Å². The highest BCUT2D eigenvalue weighted by Crippen LogP contribution is 2.41. The highest BCUT2D eigenvalue weighted by molar-refractivity contribution is 5.88. The number of piperidine rings is 1. The number of nitrogens with one attached hydrogen (secondary N) is 1. The van der Waals surface area contributed by atoms with Gasteiger partial charge in [-0.1, -0.05) is 5.21 Å². The number of halogens is 1. The zero-order chi connectivity index (χ0) is 24.9. The Labute approximate surface area is 208 Å². The van der Waals surface area contributed by atoms with E-state index in [0.717, 1.165) is 73.0 Å². The molecule has 1 saturated carbocycles. The molecule has 2 N–H and O–H groups in total. The first-order valence-corrected chi connectivity index (χ1v) is 12.5. The molecule has 1 aliphatic carbocycles. The lowest BCUT2D eigenvalue weighted by molar-refractivity contribution is 0.00421. The Morgan fingerprint density at radius 1 is 1.14 bits per heavy atom. The molecule has 1 saturated heterocycles. The summed E-state index contributed by atoms with van der Waals surface area (Å²) in [5.74, 6) is 0.163. The highest BCUT2D eigenvalue weighted by atomic mass is 19.1. The van der Waals surface area contributed by atoms with E-state index in [-0.39, 0.29) is 6.61 Å². The molecule has 0 amide bonds. The van der Waals surface area contributed by atoms with Gasteiger partial charge in [0.25, 0.3) is 0 Å². The quantitative estimate of drug-likeness (QED) is 0.407. The van der Waals surface area contributed by atoms with Gasteiger partial charge in [0, 0.05) is 11.6 Å². The lowest BCUT2D eigenvalue weighted by Crippen LogP contribution is -2.30. The van der Waals surface area contributed by atoms with Crippen LogP contribution < -0.4 is 10.1 Å². The molecule has 1 atom stereocenters. The number of aliphatic hydroxyl groups is 1. The Bertz CT molecular complexity index is 1390. The van der Waals surface area contributed by atoms with Crippen molar-refractivity contribution in [3.8, 4) is 17.0 Å². The summed E-state index contributed by atoms with van der Waals surface area (Å²) in [5, 5.41) is 23.5. The normalized spacial score (nSPS) is 18.4. The maximum Gasteiger partial charge on any atom is 0.146 e. The standard InChI is InChI=1S/C26H30FN7O2/c1-16-24(31-32-34(16)20-7-9-28-10-8-20)17-11-21-25(33(15-30-21)19-4-5-19)22(12-17)36-14-26(2,35)23-6-3-18(27)13-29-23/h3,6,11-13,15,19-20,28,35H,4-5,7-10,14H2,1-2H3. The van der Waals surface area contributed by atoms with Crippen molar-refractivity contribution in [2.24, 2.45) is 0 Å². The van der Waals surface area contributed by atoms with Crippen LogP contribution in [0.1, 0.15) is 56.1 Å². The Morgan fingerprint density at radius 3 is 2.67 bits per heavy atom. The van der Waals surface area contributed by atoms with Crippen LogP contribution in [-0.4, -0.2) is 54.3 Å². The first-order valence-electron chi connectivity index (χ1n) is 12.5. The van der Waals surface area contributed by atoms with E-state index in [9.17, 15) is 9.50 Å². The van der Waals surface area contributed by atoms with Crippen LogP contribution in [0.15, 0.2) is 36.8 Å². The molecule has 1 unspecified atom stereocenters. The van der Waals surface area contributed by atoms with Crippen LogP contribution in [0.5, 0.6) is 5.75 Å². The minimum atomic E-state index is -1.41. The SMILES string of the molecule is Cc1c(-c2cc(OCC(C)(O)c3ccc(F)cn3)c3c(c2)ncn3C2CC2)nnn1C1CCNCC1. The highest BCUT2D eigenvalue weighted by Gasteiger charge is 2.30. The van der Waals surface area contributed by atoms with Gasteiger partial charge in [0.05, 0.1) is 35.5 Å². The molecule has 0 radical (unpaired) electrons. The molecule has 10 heteroatoms. The number of nitrogens with zero attached hydrogens (tertiary/aromatic N) is 6. The number of hydrogen-bond acceptors (Lipinski definition) is 7. The van der Waals surface area contributed by atoms with Gasteiger partial charge in [0.1, 0.15) is 35.0 Å². The zero-order valence-corrected chi connectivity index (χ0v) is 20.5. The number of benzene rings is 1. The van der Waals surface area contributed by atoms with E-state index < -0.39 is 11.4 Å². The van der Waals surface area contributed by atoms with Gasteiger partial charge in [-0.05, 0) is 76.9 Å². The third-order valence-corrected chi connectivity index (χ3v) is 7.22. The minimum Gasteiger partial charge on any atom is -0.488 e. The Hall–Kier alpha value is -3.37. The molecule has 0 bridgehead atoms. The molecule has 2 aliphatic rings. The fourth-order valence-corrected chi connectivity index (χ4v) is 5.00. The number of pyridine rings is 1. The number of ether oxygens (including phenoxy) is 1. The van der Waals surface area contributed by atoms with Gasteiger partial charge in [-0.25, -0.2) is 14.1 Å². The average Bonchev–Trinajstić information content (AvgIpc) is 3.52. The monoisotopic (exact) mass is 491 g/mol. The molecule has 1 aromatic carbocycles. The largest absolute Gasteiger partial charge is 0.488 e. The maximum atomic E-state index is 13.3. The van der Waals surface area contributed by atoms with Crippen LogP contribution in [0.25, 0.3) is 22.3 Å². The second-order valence-electron chi connectivity index (χ2n) is 10.1. The van der Waals surface area contributed by atoms with E-state index in [2.05, 4.69) is 37.1 Å². The van der Waals surface area contributed by atoms with Gasteiger partial charge in [-0.15, -0.1) is 5.10 Å². The summed E-state index contributed by atoms with van der Waals surface area (Å²) in [4.78, 5) is 8.71. The summed E-state index contributed by atoms with van der Waals surface area (Å²) < 4.78 is 23.8. The average molecular weight is 492 g/mol. The third kappa shape index (κ3) is 4.24. The second-order valence-corrected chi connectivity index (χ2v) is 10.1. The summed E-state index contributed by atoms with van der Waals surface area (Å²) >= 11 is 0. The van der Waals surface area contributed by atoms with E-state index in [1.165, 1.54) is 12.1 Å². The number of hydrogen-bond donors (Lipinski definition) is 2. The van der Waals surface area contributed by atoms with E-state index in [1.54, 1.807) is 6.92 Å². The Balaban J connectivity index is 1.36. The summed E-state index contributed by atoms with van der Waals surface area (Å²) in [6.07, 6.45) is 7.21. The van der Waals surface area contributed by atoms with Crippen LogP contribution in [0.4, 0.5) is 4.39 Å². The maximum absolute atomic E-state index is 13.3. The molecule has 188 valence electrons. The molecule has 36 heavy (non-hydrogen) atoms. The Morgan fingerprint density at radius 2 is 1.94 bits per heavy atom. The van der Waals surface area contributed by atoms with Crippen molar-refractivity contribution in [2.75, 3.05) is 19.7 Å². The predicted molar refractivity (Wildman–Crippen MR) is 132 cm³/mol. The van der Waals surface area contributed by atoms with E-state index in [0.29, 0.717) is 23.5 Å². The van der Waals surface area contributed by atoms with Crippen molar-refractivity contribution in [1.29, 1.82) is 0 Å². The number of fused-ring (bicyclic) bond motifs is 1. The summed E-state index contributed by atoms with van der Waals surface area (Å²) in [5.41, 5.74) is 3.32. The van der Waals surface area contributed by atoms with Gasteiger partial charge in [-0.2, -0.15) is 0 Å². The van der Waals surface area contributed by atoms with Crippen molar-refractivity contribution in [2.45, 2.75) is 57.2 Å². The summed E-state index contributed by atoms with van der Waals surface area (Å²) in [6.45, 7) is 5.56. The number of imidazole rings is 1. The number of aromatic nitrogens is 6. The molecule has 9 nitrogen and oxygen atoms in total. The summed E-state index contributed by atoms with van der Waals surface area (Å²) in [7, 11) is 0. The molecule has 0 spiro atoms. The second kappa shape index (κ2) is 8.94. The molecule has 6 rings (SSSR count). The van der Waals surface area contributed by atoms with Gasteiger partial charge in [0.2, 0.25) is 0 Å². The van der Waals surface area contributed by atoms with Gasteiger partial charge in [0.15, 0.2) is 0 Å². The van der Waals surface area contributed by atoms with Crippen molar-refractivity contribution < 1.29 is 14.2 Å². The molecule has 3 aromatic heterocycles. The van der Waals surface area contributed by atoms with Crippen molar-refractivity contribution in [3.05, 3.63) is 54.0 Å². The first kappa shape index (κ1) is 23.1. The van der Waals surface area contributed by atoms with Crippen molar-refractivity contribution in [1.82, 2.24) is 34.8 Å². The lowest BCUT2D eigenvalue weighted by atomic mass is 10.0. The molecule has 2 fully saturated rings. The first-order chi connectivity index (χ1) is 17.4. The predicted octanol–water partition coefficient (Wildman–Crippen LogP) is 3.68. The smallest absolute Gasteiger partial charge is 0.146 e. The minimum absolute atomic E-state index is 0.0548. The topological polar surface area (TPSA) is 103 Å². The van der Waals surface area contributed by atoms with Crippen molar-refractivity contribution >= 4 is 11.0 Å². The van der Waals surface area contributed by atoms with E-state index in [4.69, 9.17) is 4.74 Å². The third-order valence-electron chi connectivity index (χ3n) is 7.22. The molecular weight excluding hydrogens is 461 g/mol. The Kier molecular flexibility index (Phi) is 5.72. The van der Waals surface area contributed by atoms with Crippen LogP contribution in [-0.2, 0) is 5.60 Å². The summed E-state index contributed by atoms with van der Waals surface area (Å²) in [6, 6.07) is 7.49. The van der Waals surface area contributed by atoms with Crippen LogP contribution in [0.2, 0.25) is 0 Å². The van der Waals surface area contributed by atoms with Gasteiger partial charge < -0.3 is 19.7 Å². The van der Waals surface area contributed by atoms with Gasteiger partial charge >= 0.3 is 0 Å². The van der Waals surface area contributed by atoms with Crippen LogP contribution in [0.3, 0.4) is 0 Å². The lowest BCUT2D eigenvalue weighted by Gasteiger charge is -2.24. The van der Waals surface area contributed by atoms with Crippen LogP contribution in [0, 0.1) is 12.7 Å². The molecule has 4 aromatic rings.